The Morgan fingerprint density at radius 2 is 1.82 bits per heavy atom. The number of carbonyl (C=O) groups excluding carboxylic acids is 1. The number of hydrogen-bond acceptors (Lipinski definition) is 6. The number of carbonyl (C=O) groups is 1. The zero-order chi connectivity index (χ0) is 23.9. The van der Waals surface area contributed by atoms with Crippen LogP contribution in [0, 0.1) is 25.2 Å². The molecular weight excluding hydrogens is 446 g/mol. The number of nitriles is 1. The summed E-state index contributed by atoms with van der Waals surface area (Å²) < 4.78 is 12.5. The fourth-order valence-electron chi connectivity index (χ4n) is 3.34. The summed E-state index contributed by atoms with van der Waals surface area (Å²) in [5.41, 5.74) is 3.81. The molecule has 4 aromatic rings. The first kappa shape index (κ1) is 23.0. The van der Waals surface area contributed by atoms with E-state index in [9.17, 15) is 10.1 Å². The third-order valence-electron chi connectivity index (χ3n) is 5.01. The molecule has 0 spiro atoms. The molecule has 0 bridgehead atoms. The van der Waals surface area contributed by atoms with E-state index in [1.54, 1.807) is 24.3 Å². The molecule has 0 fully saturated rings. The number of thiazole rings is 1. The van der Waals surface area contributed by atoms with Gasteiger partial charge in [0.1, 0.15) is 36.4 Å². The van der Waals surface area contributed by atoms with E-state index in [1.807, 2.05) is 56.3 Å². The average molecular weight is 470 g/mol. The smallest absolute Gasteiger partial charge is 0.268 e. The van der Waals surface area contributed by atoms with Crippen molar-refractivity contribution in [2.24, 2.45) is 0 Å². The first-order chi connectivity index (χ1) is 16.5. The van der Waals surface area contributed by atoms with E-state index in [1.165, 1.54) is 23.0 Å². The van der Waals surface area contributed by atoms with Crippen molar-refractivity contribution in [2.45, 2.75) is 13.8 Å². The van der Waals surface area contributed by atoms with E-state index in [4.69, 9.17) is 9.47 Å². The van der Waals surface area contributed by atoms with Gasteiger partial charge in [0.05, 0.1) is 10.2 Å². The summed E-state index contributed by atoms with van der Waals surface area (Å²) in [5.74, 6) is 1.03. The molecule has 0 radical (unpaired) electrons. The van der Waals surface area contributed by atoms with E-state index in [-0.39, 0.29) is 5.57 Å². The predicted molar refractivity (Wildman–Crippen MR) is 135 cm³/mol. The summed E-state index contributed by atoms with van der Waals surface area (Å²) in [7, 11) is 0. The molecule has 0 aliphatic carbocycles. The van der Waals surface area contributed by atoms with Crippen molar-refractivity contribution in [2.75, 3.05) is 18.5 Å². The van der Waals surface area contributed by atoms with Gasteiger partial charge in [0, 0.05) is 0 Å². The van der Waals surface area contributed by atoms with Gasteiger partial charge in [-0.15, -0.1) is 0 Å². The molecule has 3 aromatic carbocycles. The van der Waals surface area contributed by atoms with Crippen LogP contribution in [-0.2, 0) is 4.79 Å². The minimum atomic E-state index is -0.495. The summed E-state index contributed by atoms with van der Waals surface area (Å²) in [5, 5.41) is 12.6. The zero-order valence-electron chi connectivity index (χ0n) is 18.9. The molecule has 1 heterocycles. The molecule has 0 saturated carbocycles. The highest BCUT2D eigenvalue weighted by Gasteiger charge is 2.12. The van der Waals surface area contributed by atoms with Crippen LogP contribution in [0.5, 0.6) is 11.5 Å². The fraction of sp³-hybridized carbons (Fsp3) is 0.148. The van der Waals surface area contributed by atoms with Crippen molar-refractivity contribution in [3.63, 3.8) is 0 Å². The van der Waals surface area contributed by atoms with Gasteiger partial charge in [0.15, 0.2) is 5.13 Å². The Labute approximate surface area is 202 Å². The lowest BCUT2D eigenvalue weighted by Crippen LogP contribution is -2.13. The van der Waals surface area contributed by atoms with Crippen LogP contribution in [0.3, 0.4) is 0 Å². The van der Waals surface area contributed by atoms with Gasteiger partial charge in [-0.05, 0) is 61.4 Å². The average Bonchev–Trinajstić information content (AvgIpc) is 3.24. The van der Waals surface area contributed by atoms with E-state index in [0.29, 0.717) is 24.1 Å². The van der Waals surface area contributed by atoms with E-state index < -0.39 is 5.91 Å². The number of rotatable bonds is 8. The molecule has 4 rings (SSSR count). The van der Waals surface area contributed by atoms with Crippen molar-refractivity contribution >= 4 is 38.7 Å². The second-order valence-electron chi connectivity index (χ2n) is 7.65. The quantitative estimate of drug-likeness (QED) is 0.197. The Hall–Kier alpha value is -4.15. The van der Waals surface area contributed by atoms with Crippen LogP contribution in [-0.4, -0.2) is 24.1 Å². The fourth-order valence-corrected chi connectivity index (χ4v) is 4.20. The number of nitrogens with zero attached hydrogens (tertiary/aromatic N) is 2. The molecule has 0 saturated heterocycles. The minimum Gasteiger partial charge on any atom is -0.490 e. The van der Waals surface area contributed by atoms with Gasteiger partial charge >= 0.3 is 0 Å². The molecule has 170 valence electrons. The van der Waals surface area contributed by atoms with E-state index >= 15 is 0 Å². The lowest BCUT2D eigenvalue weighted by atomic mass is 10.1. The summed E-state index contributed by atoms with van der Waals surface area (Å²) >= 11 is 1.36. The number of ether oxygens (including phenoxy) is 2. The van der Waals surface area contributed by atoms with Crippen molar-refractivity contribution < 1.29 is 14.3 Å². The first-order valence-corrected chi connectivity index (χ1v) is 11.5. The zero-order valence-corrected chi connectivity index (χ0v) is 19.7. The monoisotopic (exact) mass is 469 g/mol. The Morgan fingerprint density at radius 3 is 2.56 bits per heavy atom. The summed E-state index contributed by atoms with van der Waals surface area (Å²) in [6, 6.07) is 22.8. The van der Waals surface area contributed by atoms with Crippen LogP contribution < -0.4 is 14.8 Å². The Morgan fingerprint density at radius 1 is 1.06 bits per heavy atom. The molecule has 6 nitrogen and oxygen atoms in total. The van der Waals surface area contributed by atoms with Crippen LogP contribution in [0.25, 0.3) is 16.3 Å². The predicted octanol–water partition coefficient (Wildman–Crippen LogP) is 5.92. The topological polar surface area (TPSA) is 84.2 Å². The van der Waals surface area contributed by atoms with Crippen LogP contribution in [0.15, 0.2) is 72.3 Å². The lowest BCUT2D eigenvalue weighted by Gasteiger charge is -2.11. The Balaban J connectivity index is 1.32. The van der Waals surface area contributed by atoms with Crippen LogP contribution >= 0.6 is 11.3 Å². The minimum absolute atomic E-state index is 0.00482. The van der Waals surface area contributed by atoms with Gasteiger partial charge in [-0.3, -0.25) is 10.1 Å². The highest BCUT2D eigenvalue weighted by molar-refractivity contribution is 7.22. The number of nitrogens with one attached hydrogen (secondary N) is 1. The maximum Gasteiger partial charge on any atom is 0.268 e. The molecule has 7 heteroatoms. The number of hydrogen-bond donors (Lipinski definition) is 1. The SMILES string of the molecule is Cc1ccc(OCCOc2ccc(/C=C(\C#N)C(=O)Nc3nc4ccccc4s3)cc2)c(C)c1. The van der Waals surface area contributed by atoms with Gasteiger partial charge in [0.25, 0.3) is 5.91 Å². The van der Waals surface area contributed by atoms with E-state index in [0.717, 1.165) is 27.1 Å². The molecule has 1 aromatic heterocycles. The molecule has 0 aliphatic heterocycles. The Bertz CT molecular complexity index is 1350. The molecule has 1 N–H and O–H groups in total. The third kappa shape index (κ3) is 5.80. The molecular formula is C27H23N3O3S. The highest BCUT2D eigenvalue weighted by atomic mass is 32.1. The van der Waals surface area contributed by atoms with Crippen molar-refractivity contribution in [3.8, 4) is 17.6 Å². The largest absolute Gasteiger partial charge is 0.490 e. The summed E-state index contributed by atoms with van der Waals surface area (Å²) in [6.45, 7) is 4.89. The lowest BCUT2D eigenvalue weighted by molar-refractivity contribution is -0.112. The number of para-hydroxylation sites is 1. The number of benzene rings is 3. The summed E-state index contributed by atoms with van der Waals surface area (Å²) in [6.07, 6.45) is 1.54. The normalized spacial score (nSPS) is 11.1. The van der Waals surface area contributed by atoms with Crippen molar-refractivity contribution in [3.05, 3.63) is 89.0 Å². The standard InChI is InChI=1S/C27H23N3O3S/c1-18-7-12-24(19(2)15-18)33-14-13-32-22-10-8-20(9-11-22)16-21(17-28)26(31)30-27-29-23-5-3-4-6-25(23)34-27/h3-12,15-16H,13-14H2,1-2H3,(H,29,30,31)/b21-16+. The maximum absolute atomic E-state index is 12.6. The maximum atomic E-state index is 12.6. The summed E-state index contributed by atoms with van der Waals surface area (Å²) in [4.78, 5) is 16.9. The van der Waals surface area contributed by atoms with Crippen LogP contribution in [0.2, 0.25) is 0 Å². The van der Waals surface area contributed by atoms with Gasteiger partial charge in [0.2, 0.25) is 0 Å². The van der Waals surface area contributed by atoms with Gasteiger partial charge in [-0.1, -0.05) is 53.3 Å². The molecule has 0 atom stereocenters. The number of fused-ring (bicyclic) bond motifs is 1. The molecule has 1 amide bonds. The first-order valence-electron chi connectivity index (χ1n) is 10.7. The number of anilines is 1. The van der Waals surface area contributed by atoms with E-state index in [2.05, 4.69) is 16.4 Å². The molecule has 0 unspecified atom stereocenters. The second kappa shape index (κ2) is 10.6. The number of amides is 1. The molecule has 34 heavy (non-hydrogen) atoms. The van der Waals surface area contributed by atoms with Gasteiger partial charge < -0.3 is 9.47 Å². The highest BCUT2D eigenvalue weighted by Crippen LogP contribution is 2.26. The van der Waals surface area contributed by atoms with Crippen LogP contribution in [0.4, 0.5) is 5.13 Å². The van der Waals surface area contributed by atoms with Crippen molar-refractivity contribution in [1.82, 2.24) is 4.98 Å². The number of aromatic nitrogens is 1. The Kier molecular flexibility index (Phi) is 7.21. The third-order valence-corrected chi connectivity index (χ3v) is 5.96. The van der Waals surface area contributed by atoms with Gasteiger partial charge in [-0.25, -0.2) is 4.98 Å². The number of aryl methyl sites for hydroxylation is 2. The molecule has 0 aliphatic rings. The van der Waals surface area contributed by atoms with Crippen molar-refractivity contribution in [1.29, 1.82) is 5.26 Å². The second-order valence-corrected chi connectivity index (χ2v) is 8.68. The van der Waals surface area contributed by atoms with Gasteiger partial charge in [-0.2, -0.15) is 5.26 Å². The van der Waals surface area contributed by atoms with Crippen LogP contribution in [0.1, 0.15) is 16.7 Å².